The molecule has 0 bridgehead atoms. The van der Waals surface area contributed by atoms with Crippen molar-refractivity contribution in [1.29, 1.82) is 0 Å². The van der Waals surface area contributed by atoms with Crippen LogP contribution in [0.15, 0.2) is 24.3 Å². The van der Waals surface area contributed by atoms with Crippen LogP contribution in [0.2, 0.25) is 0 Å². The second kappa shape index (κ2) is 5.63. The molecule has 94 valence electrons. The van der Waals surface area contributed by atoms with Gasteiger partial charge in [0.25, 0.3) is 0 Å². The first-order valence-electron chi connectivity index (χ1n) is 6.68. The topological polar surface area (TPSA) is 12.0 Å². The summed E-state index contributed by atoms with van der Waals surface area (Å²) < 4.78 is 13.2. The highest BCUT2D eigenvalue weighted by atomic mass is 19.1. The van der Waals surface area contributed by atoms with E-state index < -0.39 is 0 Å². The predicted molar refractivity (Wildman–Crippen MR) is 69.4 cm³/mol. The van der Waals surface area contributed by atoms with Crippen LogP contribution in [-0.4, -0.2) is 6.04 Å². The number of halogens is 1. The van der Waals surface area contributed by atoms with E-state index in [0.29, 0.717) is 6.04 Å². The lowest BCUT2D eigenvalue weighted by atomic mass is 9.85. The van der Waals surface area contributed by atoms with Crippen LogP contribution in [0.25, 0.3) is 0 Å². The zero-order valence-corrected chi connectivity index (χ0v) is 10.7. The van der Waals surface area contributed by atoms with Crippen molar-refractivity contribution in [2.75, 3.05) is 0 Å². The molecule has 0 heterocycles. The maximum atomic E-state index is 13.2. The molecule has 0 saturated heterocycles. The lowest BCUT2D eigenvalue weighted by Crippen LogP contribution is -2.38. The molecule has 1 aliphatic carbocycles. The number of hydrogen-bond donors (Lipinski definition) is 1. The van der Waals surface area contributed by atoms with Crippen LogP contribution in [0.4, 0.5) is 4.39 Å². The van der Waals surface area contributed by atoms with E-state index in [0.717, 1.165) is 11.5 Å². The van der Waals surface area contributed by atoms with Crippen LogP contribution in [0.5, 0.6) is 0 Å². The van der Waals surface area contributed by atoms with E-state index in [2.05, 4.69) is 19.2 Å². The van der Waals surface area contributed by atoms with Crippen LogP contribution >= 0.6 is 0 Å². The van der Waals surface area contributed by atoms with Crippen LogP contribution in [0.1, 0.15) is 51.1 Å². The van der Waals surface area contributed by atoms with Gasteiger partial charge >= 0.3 is 0 Å². The Morgan fingerprint density at radius 3 is 2.76 bits per heavy atom. The van der Waals surface area contributed by atoms with E-state index in [1.165, 1.54) is 31.7 Å². The summed E-state index contributed by atoms with van der Waals surface area (Å²) in [4.78, 5) is 0. The van der Waals surface area contributed by atoms with Gasteiger partial charge in [0.05, 0.1) is 0 Å². The second-order valence-corrected chi connectivity index (χ2v) is 5.31. The molecular formula is C15H22FN. The highest BCUT2D eigenvalue weighted by Crippen LogP contribution is 2.26. The summed E-state index contributed by atoms with van der Waals surface area (Å²) in [5, 5.41) is 3.65. The molecule has 0 spiro atoms. The summed E-state index contributed by atoms with van der Waals surface area (Å²) >= 11 is 0. The number of hydrogen-bond acceptors (Lipinski definition) is 1. The smallest absolute Gasteiger partial charge is 0.123 e. The standard InChI is InChI=1S/C15H22FN/c1-11-6-3-4-9-15(11)17-12(2)13-7-5-8-14(16)10-13/h5,7-8,10-12,15,17H,3-4,6,9H2,1-2H3/t11?,12-,15?/m0/s1. The van der Waals surface area contributed by atoms with Gasteiger partial charge in [0.15, 0.2) is 0 Å². The van der Waals surface area contributed by atoms with E-state index in [-0.39, 0.29) is 11.9 Å². The van der Waals surface area contributed by atoms with Crippen molar-refractivity contribution >= 4 is 0 Å². The molecule has 0 amide bonds. The third-order valence-electron chi connectivity index (χ3n) is 3.92. The van der Waals surface area contributed by atoms with Gasteiger partial charge < -0.3 is 5.32 Å². The van der Waals surface area contributed by atoms with Gasteiger partial charge in [0.2, 0.25) is 0 Å². The summed E-state index contributed by atoms with van der Waals surface area (Å²) in [7, 11) is 0. The van der Waals surface area contributed by atoms with Crippen molar-refractivity contribution in [2.24, 2.45) is 5.92 Å². The molecule has 1 aromatic rings. The van der Waals surface area contributed by atoms with Gasteiger partial charge in [-0.2, -0.15) is 0 Å². The Labute approximate surface area is 103 Å². The SMILES string of the molecule is CC1CCCCC1N[C@@H](C)c1cccc(F)c1. The van der Waals surface area contributed by atoms with Gasteiger partial charge in [-0.3, -0.25) is 0 Å². The molecule has 1 nitrogen and oxygen atoms in total. The molecule has 3 atom stereocenters. The van der Waals surface area contributed by atoms with Crippen LogP contribution < -0.4 is 5.32 Å². The Bertz CT molecular complexity index is 364. The first-order valence-corrected chi connectivity index (χ1v) is 6.68. The number of nitrogens with one attached hydrogen (secondary N) is 1. The highest BCUT2D eigenvalue weighted by molar-refractivity contribution is 5.19. The van der Waals surface area contributed by atoms with Gasteiger partial charge in [0, 0.05) is 12.1 Å². The fourth-order valence-electron chi connectivity index (χ4n) is 2.76. The molecule has 1 N–H and O–H groups in total. The third-order valence-corrected chi connectivity index (χ3v) is 3.92. The number of rotatable bonds is 3. The average Bonchev–Trinajstić information content (AvgIpc) is 2.32. The average molecular weight is 235 g/mol. The monoisotopic (exact) mass is 235 g/mol. The maximum absolute atomic E-state index is 13.2. The van der Waals surface area contributed by atoms with Crippen molar-refractivity contribution in [3.05, 3.63) is 35.6 Å². The fraction of sp³-hybridized carbons (Fsp3) is 0.600. The summed E-state index contributed by atoms with van der Waals surface area (Å²) in [6, 6.07) is 7.73. The van der Waals surface area contributed by atoms with Gasteiger partial charge in [0.1, 0.15) is 5.82 Å². The molecule has 2 heteroatoms. The Hall–Kier alpha value is -0.890. The molecule has 17 heavy (non-hydrogen) atoms. The first-order chi connectivity index (χ1) is 8.16. The minimum atomic E-state index is -0.146. The zero-order chi connectivity index (χ0) is 12.3. The quantitative estimate of drug-likeness (QED) is 0.833. The lowest BCUT2D eigenvalue weighted by molar-refractivity contribution is 0.263. The van der Waals surface area contributed by atoms with Crippen LogP contribution in [-0.2, 0) is 0 Å². The molecule has 0 radical (unpaired) electrons. The summed E-state index contributed by atoms with van der Waals surface area (Å²) in [5.74, 6) is 0.590. The number of benzene rings is 1. The van der Waals surface area contributed by atoms with Gasteiger partial charge in [-0.15, -0.1) is 0 Å². The minimum absolute atomic E-state index is 0.146. The molecule has 0 aromatic heterocycles. The van der Waals surface area contributed by atoms with E-state index >= 15 is 0 Å². The van der Waals surface area contributed by atoms with Crippen molar-refractivity contribution in [3.63, 3.8) is 0 Å². The summed E-state index contributed by atoms with van der Waals surface area (Å²) in [5.41, 5.74) is 1.04. The van der Waals surface area contributed by atoms with Crippen molar-refractivity contribution in [2.45, 2.75) is 51.6 Å². The largest absolute Gasteiger partial charge is 0.307 e. The Kier molecular flexibility index (Phi) is 4.16. The van der Waals surface area contributed by atoms with Crippen molar-refractivity contribution in [3.8, 4) is 0 Å². The lowest BCUT2D eigenvalue weighted by Gasteiger charge is -2.32. The maximum Gasteiger partial charge on any atom is 0.123 e. The first kappa shape index (κ1) is 12.6. The summed E-state index contributed by atoms with van der Waals surface area (Å²) in [6.45, 7) is 4.44. The van der Waals surface area contributed by atoms with E-state index in [4.69, 9.17) is 0 Å². The Morgan fingerprint density at radius 1 is 1.29 bits per heavy atom. The molecule has 2 rings (SSSR count). The van der Waals surface area contributed by atoms with Crippen molar-refractivity contribution < 1.29 is 4.39 Å². The highest BCUT2D eigenvalue weighted by Gasteiger charge is 2.22. The molecule has 1 aliphatic rings. The third kappa shape index (κ3) is 3.29. The molecular weight excluding hydrogens is 213 g/mol. The Balaban J connectivity index is 1.98. The summed E-state index contributed by atoms with van der Waals surface area (Å²) in [6.07, 6.45) is 5.24. The molecule has 1 aromatic carbocycles. The van der Waals surface area contributed by atoms with Crippen LogP contribution in [0, 0.1) is 11.7 Å². The zero-order valence-electron chi connectivity index (χ0n) is 10.7. The van der Waals surface area contributed by atoms with E-state index in [1.54, 1.807) is 12.1 Å². The van der Waals surface area contributed by atoms with Crippen molar-refractivity contribution in [1.82, 2.24) is 5.32 Å². The minimum Gasteiger partial charge on any atom is -0.307 e. The predicted octanol–water partition coefficient (Wildman–Crippen LogP) is 4.06. The molecule has 2 unspecified atom stereocenters. The second-order valence-electron chi connectivity index (χ2n) is 5.31. The molecule has 1 fully saturated rings. The van der Waals surface area contributed by atoms with E-state index in [1.807, 2.05) is 6.07 Å². The Morgan fingerprint density at radius 2 is 2.06 bits per heavy atom. The van der Waals surface area contributed by atoms with E-state index in [9.17, 15) is 4.39 Å². The molecule has 0 aliphatic heterocycles. The normalized spacial score (nSPS) is 26.8. The fourth-order valence-corrected chi connectivity index (χ4v) is 2.76. The van der Waals surface area contributed by atoms with Crippen LogP contribution in [0.3, 0.4) is 0 Å². The van der Waals surface area contributed by atoms with Gasteiger partial charge in [-0.25, -0.2) is 4.39 Å². The van der Waals surface area contributed by atoms with Gasteiger partial charge in [-0.1, -0.05) is 31.9 Å². The molecule has 1 saturated carbocycles. The van der Waals surface area contributed by atoms with Gasteiger partial charge in [-0.05, 0) is 43.4 Å².